The molecule has 3 aromatic heterocycles. The molecular formula is C63H49N5S. The molecule has 332 valence electrons. The van der Waals surface area contributed by atoms with Gasteiger partial charge in [0.25, 0.3) is 0 Å². The van der Waals surface area contributed by atoms with Gasteiger partial charge in [0.1, 0.15) is 11.7 Å². The molecule has 3 heterocycles. The fourth-order valence-electron chi connectivity index (χ4n) is 10.6. The van der Waals surface area contributed by atoms with Gasteiger partial charge in [0.15, 0.2) is 0 Å². The van der Waals surface area contributed by atoms with Crippen molar-refractivity contribution in [2.75, 3.05) is 9.80 Å². The summed E-state index contributed by atoms with van der Waals surface area (Å²) < 4.78 is 4.85. The number of benzene rings is 8. The van der Waals surface area contributed by atoms with Gasteiger partial charge in [-0.3, -0.25) is 9.80 Å². The standard InChI is InChI=1S/C63H49N5S/c1-6-17-61(64-7-2)67(46-28-30-52-51-21-12-14-23-59(51)69-60(52)40-46)48-36-43(42-26-32-58-54(37-42)53-34-41(3)25-31-57(53)68(58)44-18-9-8-10-19-44)35-47(38-48)66(62-24-15-16-33-65-62)45-27-29-50-49-20-11-13-22-55(49)63(4,5)56(50)39-45/h6-40H,2H2,1,3-5H3/b17-6-,64-61?. The molecule has 0 saturated heterocycles. The van der Waals surface area contributed by atoms with E-state index in [4.69, 9.17) is 9.98 Å². The average Bonchev–Trinajstić information content (AvgIpc) is 3.99. The van der Waals surface area contributed by atoms with Gasteiger partial charge in [0, 0.05) is 65.8 Å². The van der Waals surface area contributed by atoms with Crippen LogP contribution in [0.25, 0.3) is 69.9 Å². The quantitative estimate of drug-likeness (QED) is 0.107. The minimum atomic E-state index is -0.192. The lowest BCUT2D eigenvalue weighted by Gasteiger charge is -2.30. The molecule has 0 bridgehead atoms. The maximum Gasteiger partial charge on any atom is 0.137 e. The second-order valence-corrected chi connectivity index (χ2v) is 19.5. The maximum absolute atomic E-state index is 5.06. The number of anilines is 5. The molecule has 8 aromatic carbocycles. The van der Waals surface area contributed by atoms with Gasteiger partial charge in [-0.05, 0) is 150 Å². The maximum atomic E-state index is 5.06. The Hall–Kier alpha value is -8.32. The minimum absolute atomic E-state index is 0.192. The molecule has 0 spiro atoms. The first-order chi connectivity index (χ1) is 33.8. The second-order valence-electron chi connectivity index (χ2n) is 18.4. The van der Waals surface area contributed by atoms with Gasteiger partial charge in [-0.15, -0.1) is 11.3 Å². The number of thiophene rings is 1. The SMILES string of the molecule is C=CN=C(/C=C\C)N(c1cc(-c2ccc3c(c2)c2cc(C)ccc2n3-c2ccccc2)cc(N(c2ccc3c(c2)C(C)(C)c2ccccc2-3)c2ccccn2)c1)c1ccc2c(c1)sc1ccccc12. The predicted octanol–water partition coefficient (Wildman–Crippen LogP) is 17.6. The largest absolute Gasteiger partial charge is 0.309 e. The third kappa shape index (κ3) is 7.06. The Morgan fingerprint density at radius 3 is 2.14 bits per heavy atom. The average molecular weight is 908 g/mol. The second kappa shape index (κ2) is 16.8. The van der Waals surface area contributed by atoms with Crippen LogP contribution in [0, 0.1) is 6.92 Å². The van der Waals surface area contributed by atoms with Crippen molar-refractivity contribution < 1.29 is 0 Å². The van der Waals surface area contributed by atoms with Crippen LogP contribution >= 0.6 is 11.3 Å². The Morgan fingerprint density at radius 1 is 0.594 bits per heavy atom. The van der Waals surface area contributed by atoms with E-state index in [-0.39, 0.29) is 5.41 Å². The molecule has 1 aliphatic rings. The predicted molar refractivity (Wildman–Crippen MR) is 295 cm³/mol. The monoisotopic (exact) mass is 907 g/mol. The number of allylic oxidation sites excluding steroid dienone is 1. The van der Waals surface area contributed by atoms with E-state index in [2.05, 4.69) is 230 Å². The van der Waals surface area contributed by atoms with Crippen molar-refractivity contribution in [2.24, 2.45) is 4.99 Å². The first-order valence-corrected chi connectivity index (χ1v) is 24.3. The minimum Gasteiger partial charge on any atom is -0.309 e. The third-order valence-electron chi connectivity index (χ3n) is 13.8. The summed E-state index contributed by atoms with van der Waals surface area (Å²) in [4.78, 5) is 14.6. The molecule has 0 N–H and O–H groups in total. The van der Waals surface area contributed by atoms with Crippen LogP contribution in [-0.2, 0) is 5.41 Å². The number of amidine groups is 1. The van der Waals surface area contributed by atoms with E-state index in [1.165, 1.54) is 64.3 Å². The van der Waals surface area contributed by atoms with Crippen LogP contribution in [0.4, 0.5) is 28.6 Å². The number of para-hydroxylation sites is 1. The lowest BCUT2D eigenvalue weighted by Crippen LogP contribution is -2.24. The molecule has 0 radical (unpaired) electrons. The van der Waals surface area contributed by atoms with Crippen molar-refractivity contribution in [1.82, 2.24) is 9.55 Å². The highest BCUT2D eigenvalue weighted by atomic mass is 32.1. The van der Waals surface area contributed by atoms with Crippen molar-refractivity contribution >= 4 is 87.7 Å². The molecule has 6 heteroatoms. The fourth-order valence-corrected chi connectivity index (χ4v) is 11.7. The first kappa shape index (κ1) is 42.1. The van der Waals surface area contributed by atoms with E-state index in [1.807, 2.05) is 36.6 Å². The topological polar surface area (TPSA) is 36.7 Å². The molecule has 11 aromatic rings. The van der Waals surface area contributed by atoms with Crippen molar-refractivity contribution in [2.45, 2.75) is 33.1 Å². The van der Waals surface area contributed by atoms with Crippen LogP contribution in [0.5, 0.6) is 0 Å². The number of nitrogens with zero attached hydrogens (tertiary/aromatic N) is 5. The van der Waals surface area contributed by atoms with Gasteiger partial charge in [0.2, 0.25) is 0 Å². The number of fused-ring (bicyclic) bond motifs is 9. The summed E-state index contributed by atoms with van der Waals surface area (Å²) in [7, 11) is 0. The molecule has 0 unspecified atom stereocenters. The molecule has 0 saturated carbocycles. The fraction of sp³-hybridized carbons (Fsp3) is 0.0794. The van der Waals surface area contributed by atoms with E-state index in [0.717, 1.165) is 56.7 Å². The number of hydrogen-bond donors (Lipinski definition) is 0. The Morgan fingerprint density at radius 2 is 1.32 bits per heavy atom. The highest BCUT2D eigenvalue weighted by molar-refractivity contribution is 7.25. The lowest BCUT2D eigenvalue weighted by atomic mass is 9.82. The van der Waals surface area contributed by atoms with Gasteiger partial charge < -0.3 is 4.57 Å². The van der Waals surface area contributed by atoms with Crippen molar-refractivity contribution in [3.8, 4) is 27.9 Å². The molecule has 12 rings (SSSR count). The number of aliphatic imine (C=N–C) groups is 1. The number of rotatable bonds is 9. The smallest absolute Gasteiger partial charge is 0.137 e. The van der Waals surface area contributed by atoms with E-state index in [9.17, 15) is 0 Å². The summed E-state index contributed by atoms with van der Waals surface area (Å²) in [5, 5.41) is 4.91. The Labute approximate surface area is 406 Å². The van der Waals surface area contributed by atoms with Crippen LogP contribution in [0.2, 0.25) is 0 Å². The first-order valence-electron chi connectivity index (χ1n) is 23.5. The Kier molecular flexibility index (Phi) is 10.2. The molecule has 69 heavy (non-hydrogen) atoms. The summed E-state index contributed by atoms with van der Waals surface area (Å²) in [6.07, 6.45) is 7.62. The third-order valence-corrected chi connectivity index (χ3v) is 14.9. The zero-order chi connectivity index (χ0) is 46.8. The Bertz CT molecular complexity index is 3870. The zero-order valence-electron chi connectivity index (χ0n) is 39.1. The van der Waals surface area contributed by atoms with Crippen molar-refractivity contribution in [1.29, 1.82) is 0 Å². The number of aryl methyl sites for hydroxylation is 1. The van der Waals surface area contributed by atoms with E-state index in [1.54, 1.807) is 6.20 Å². The Balaban J connectivity index is 1.13. The highest BCUT2D eigenvalue weighted by Crippen LogP contribution is 2.51. The van der Waals surface area contributed by atoms with Gasteiger partial charge in [0.05, 0.1) is 22.4 Å². The van der Waals surface area contributed by atoms with Gasteiger partial charge in [-0.1, -0.05) is 123 Å². The van der Waals surface area contributed by atoms with Gasteiger partial charge in [-0.2, -0.15) is 0 Å². The number of aromatic nitrogens is 2. The molecule has 0 aliphatic heterocycles. The van der Waals surface area contributed by atoms with Gasteiger partial charge >= 0.3 is 0 Å². The van der Waals surface area contributed by atoms with E-state index >= 15 is 0 Å². The molecule has 1 aliphatic carbocycles. The summed E-state index contributed by atoms with van der Waals surface area (Å²) in [5.41, 5.74) is 15.8. The van der Waals surface area contributed by atoms with Gasteiger partial charge in [-0.25, -0.2) is 9.98 Å². The number of pyridine rings is 1. The summed E-state index contributed by atoms with van der Waals surface area (Å²) in [6, 6.07) is 68.6. The normalized spacial score (nSPS) is 13.1. The van der Waals surface area contributed by atoms with Crippen LogP contribution in [0.3, 0.4) is 0 Å². The van der Waals surface area contributed by atoms with Crippen LogP contribution in [0.1, 0.15) is 37.5 Å². The van der Waals surface area contributed by atoms with Crippen molar-refractivity contribution in [3.63, 3.8) is 0 Å². The molecule has 0 atom stereocenters. The van der Waals surface area contributed by atoms with Crippen LogP contribution in [0.15, 0.2) is 224 Å². The molecule has 0 fully saturated rings. The lowest BCUT2D eigenvalue weighted by molar-refractivity contribution is 0.660. The van der Waals surface area contributed by atoms with Crippen LogP contribution < -0.4 is 9.80 Å². The van der Waals surface area contributed by atoms with E-state index in [0.29, 0.717) is 0 Å². The number of hydrogen-bond acceptors (Lipinski definition) is 4. The van der Waals surface area contributed by atoms with E-state index < -0.39 is 0 Å². The highest BCUT2D eigenvalue weighted by Gasteiger charge is 2.36. The zero-order valence-corrected chi connectivity index (χ0v) is 39.9. The summed E-state index contributed by atoms with van der Waals surface area (Å²) in [5.74, 6) is 1.56. The van der Waals surface area contributed by atoms with Crippen LogP contribution in [-0.4, -0.2) is 15.4 Å². The van der Waals surface area contributed by atoms with Crippen molar-refractivity contribution in [3.05, 3.63) is 236 Å². The summed E-state index contributed by atoms with van der Waals surface area (Å²) >= 11 is 1.81. The summed E-state index contributed by atoms with van der Waals surface area (Å²) in [6.45, 7) is 13.0. The molecular weight excluding hydrogens is 859 g/mol. The molecule has 0 amide bonds. The molecule has 5 nitrogen and oxygen atoms in total.